The smallest absolute Gasteiger partial charge is 0.143 e. The molecule has 0 radical (unpaired) electrons. The van der Waals surface area contributed by atoms with Crippen molar-refractivity contribution in [1.29, 1.82) is 0 Å². The van der Waals surface area contributed by atoms with Crippen molar-refractivity contribution < 1.29 is 5.11 Å². The second kappa shape index (κ2) is 7.07. The third kappa shape index (κ3) is 4.07. The zero-order valence-electron chi connectivity index (χ0n) is 10.8. The maximum atomic E-state index is 9.70. The number of phenols is 1. The van der Waals surface area contributed by atoms with E-state index in [1.807, 2.05) is 24.3 Å². The van der Waals surface area contributed by atoms with Gasteiger partial charge >= 0.3 is 0 Å². The summed E-state index contributed by atoms with van der Waals surface area (Å²) < 4.78 is 2.47. The highest BCUT2D eigenvalue weighted by Crippen LogP contribution is 2.33. The van der Waals surface area contributed by atoms with E-state index in [2.05, 4.69) is 72.2 Å². The van der Waals surface area contributed by atoms with Crippen molar-refractivity contribution in [2.75, 3.05) is 0 Å². The van der Waals surface area contributed by atoms with Gasteiger partial charge in [-0.25, -0.2) is 0 Å². The van der Waals surface area contributed by atoms with Crippen molar-refractivity contribution in [3.05, 3.63) is 60.9 Å². The van der Waals surface area contributed by atoms with Gasteiger partial charge in [-0.15, -0.1) is 0 Å². The molecule has 0 saturated heterocycles. The van der Waals surface area contributed by atoms with Crippen LogP contribution < -0.4 is 5.32 Å². The van der Waals surface area contributed by atoms with Gasteiger partial charge in [0.15, 0.2) is 0 Å². The molecule has 2 aromatic rings. The van der Waals surface area contributed by atoms with Gasteiger partial charge in [-0.05, 0) is 74.2 Å². The number of halogens is 3. The van der Waals surface area contributed by atoms with Gasteiger partial charge in [0, 0.05) is 17.1 Å². The summed E-state index contributed by atoms with van der Waals surface area (Å²) in [6, 6.07) is 12.3. The fraction of sp³-hybridized carbons (Fsp3) is 0.200. The van der Waals surface area contributed by atoms with Gasteiger partial charge in [-0.1, -0.05) is 28.1 Å². The Morgan fingerprint density at radius 3 is 2.35 bits per heavy atom. The monoisotopic (exact) mass is 461 g/mol. The molecule has 0 heterocycles. The van der Waals surface area contributed by atoms with Gasteiger partial charge in [0.05, 0.1) is 8.95 Å². The molecule has 0 unspecified atom stereocenters. The lowest BCUT2D eigenvalue weighted by Crippen LogP contribution is -2.18. The minimum Gasteiger partial charge on any atom is -0.506 e. The standard InChI is InChI=1S/C15H14Br3NO/c1-9(11-3-2-4-12(16)7-11)19-8-10-5-13(17)15(20)14(18)6-10/h2-7,9,19-20H,8H2,1H3/t9-/m0/s1. The summed E-state index contributed by atoms with van der Waals surface area (Å²) in [5, 5.41) is 13.2. The second-order valence-electron chi connectivity index (χ2n) is 4.57. The van der Waals surface area contributed by atoms with E-state index in [1.165, 1.54) is 5.56 Å². The fourth-order valence-electron chi connectivity index (χ4n) is 1.88. The summed E-state index contributed by atoms with van der Waals surface area (Å²) in [5.74, 6) is 0.230. The third-order valence-electron chi connectivity index (χ3n) is 3.04. The molecule has 2 N–H and O–H groups in total. The van der Waals surface area contributed by atoms with Crippen LogP contribution in [0.1, 0.15) is 24.1 Å². The molecule has 0 fully saturated rings. The highest BCUT2D eigenvalue weighted by atomic mass is 79.9. The van der Waals surface area contributed by atoms with Crippen LogP contribution in [0, 0.1) is 0 Å². The summed E-state index contributed by atoms with van der Waals surface area (Å²) in [6.45, 7) is 2.86. The van der Waals surface area contributed by atoms with Crippen LogP contribution >= 0.6 is 47.8 Å². The van der Waals surface area contributed by atoms with Crippen LogP contribution in [0.2, 0.25) is 0 Å². The molecular weight excluding hydrogens is 450 g/mol. The molecule has 2 aromatic carbocycles. The van der Waals surface area contributed by atoms with Crippen LogP contribution in [0.4, 0.5) is 0 Å². The molecule has 0 aromatic heterocycles. The minimum atomic E-state index is 0.230. The molecule has 0 spiro atoms. The number of hydrogen-bond donors (Lipinski definition) is 2. The molecule has 0 aliphatic heterocycles. The summed E-state index contributed by atoms with van der Waals surface area (Å²) >= 11 is 10.2. The quantitative estimate of drug-likeness (QED) is 0.624. The first-order valence-electron chi connectivity index (χ1n) is 6.13. The molecular formula is C15H14Br3NO. The summed E-state index contributed by atoms with van der Waals surface area (Å²) in [6.07, 6.45) is 0. The zero-order valence-corrected chi connectivity index (χ0v) is 15.6. The lowest BCUT2D eigenvalue weighted by molar-refractivity contribution is 0.467. The van der Waals surface area contributed by atoms with E-state index in [0.29, 0.717) is 8.95 Å². The van der Waals surface area contributed by atoms with Crippen molar-refractivity contribution in [1.82, 2.24) is 5.32 Å². The summed E-state index contributed by atoms with van der Waals surface area (Å²) in [5.41, 5.74) is 2.33. The molecule has 5 heteroatoms. The number of benzene rings is 2. The average Bonchev–Trinajstić information content (AvgIpc) is 2.42. The molecule has 0 aliphatic rings. The van der Waals surface area contributed by atoms with Crippen molar-refractivity contribution in [3.63, 3.8) is 0 Å². The Morgan fingerprint density at radius 2 is 1.75 bits per heavy atom. The van der Waals surface area contributed by atoms with E-state index in [0.717, 1.165) is 16.6 Å². The van der Waals surface area contributed by atoms with Crippen molar-refractivity contribution in [3.8, 4) is 5.75 Å². The van der Waals surface area contributed by atoms with E-state index < -0.39 is 0 Å². The molecule has 1 atom stereocenters. The van der Waals surface area contributed by atoms with Crippen LogP contribution in [0.15, 0.2) is 49.8 Å². The molecule has 0 amide bonds. The van der Waals surface area contributed by atoms with E-state index in [9.17, 15) is 5.11 Å². The Bertz CT molecular complexity index is 593. The van der Waals surface area contributed by atoms with Gasteiger partial charge < -0.3 is 10.4 Å². The Labute approximate surface area is 144 Å². The molecule has 2 rings (SSSR count). The van der Waals surface area contributed by atoms with Crippen molar-refractivity contribution in [2.45, 2.75) is 19.5 Å². The highest BCUT2D eigenvalue weighted by Gasteiger charge is 2.08. The fourth-order valence-corrected chi connectivity index (χ4v) is 3.58. The Hall–Kier alpha value is -0.360. The maximum absolute atomic E-state index is 9.70. The minimum absolute atomic E-state index is 0.230. The number of rotatable bonds is 4. The summed E-state index contributed by atoms with van der Waals surface area (Å²) in [7, 11) is 0. The lowest BCUT2D eigenvalue weighted by Gasteiger charge is -2.15. The number of phenolic OH excluding ortho intramolecular Hbond substituents is 1. The Morgan fingerprint density at radius 1 is 1.10 bits per heavy atom. The molecule has 106 valence electrons. The first-order chi connectivity index (χ1) is 9.47. The molecule has 20 heavy (non-hydrogen) atoms. The van der Waals surface area contributed by atoms with Crippen LogP contribution in [0.3, 0.4) is 0 Å². The first-order valence-corrected chi connectivity index (χ1v) is 8.51. The molecule has 0 saturated carbocycles. The predicted octanol–water partition coefficient (Wildman–Crippen LogP) is 5.53. The molecule has 0 aliphatic carbocycles. The number of aromatic hydroxyl groups is 1. The number of hydrogen-bond acceptors (Lipinski definition) is 2. The topological polar surface area (TPSA) is 32.3 Å². The van der Waals surface area contributed by atoms with Crippen LogP contribution in [0.25, 0.3) is 0 Å². The van der Waals surface area contributed by atoms with Crippen molar-refractivity contribution in [2.24, 2.45) is 0 Å². The Kier molecular flexibility index (Phi) is 5.66. The highest BCUT2D eigenvalue weighted by molar-refractivity contribution is 9.11. The number of nitrogens with one attached hydrogen (secondary N) is 1. The largest absolute Gasteiger partial charge is 0.506 e. The van der Waals surface area contributed by atoms with Crippen LogP contribution in [-0.2, 0) is 6.54 Å². The van der Waals surface area contributed by atoms with Gasteiger partial charge in [0.25, 0.3) is 0 Å². The van der Waals surface area contributed by atoms with Crippen molar-refractivity contribution >= 4 is 47.8 Å². The van der Waals surface area contributed by atoms with Gasteiger partial charge in [0.1, 0.15) is 5.75 Å². The zero-order chi connectivity index (χ0) is 14.7. The molecule has 0 bridgehead atoms. The van der Waals surface area contributed by atoms with E-state index >= 15 is 0 Å². The normalized spacial score (nSPS) is 12.4. The van der Waals surface area contributed by atoms with Crippen LogP contribution in [0.5, 0.6) is 5.75 Å². The van der Waals surface area contributed by atoms with Crippen LogP contribution in [-0.4, -0.2) is 5.11 Å². The van der Waals surface area contributed by atoms with Gasteiger partial charge in [-0.3, -0.25) is 0 Å². The SMILES string of the molecule is C[C@H](NCc1cc(Br)c(O)c(Br)c1)c1cccc(Br)c1. The second-order valence-corrected chi connectivity index (χ2v) is 7.19. The van der Waals surface area contributed by atoms with E-state index in [-0.39, 0.29) is 11.8 Å². The first kappa shape index (κ1) is 16.0. The maximum Gasteiger partial charge on any atom is 0.143 e. The molecule has 2 nitrogen and oxygen atoms in total. The lowest BCUT2D eigenvalue weighted by atomic mass is 10.1. The Balaban J connectivity index is 2.05. The van der Waals surface area contributed by atoms with E-state index in [4.69, 9.17) is 0 Å². The van der Waals surface area contributed by atoms with E-state index in [1.54, 1.807) is 0 Å². The predicted molar refractivity (Wildman–Crippen MR) is 92.9 cm³/mol. The third-order valence-corrected chi connectivity index (χ3v) is 4.74. The van der Waals surface area contributed by atoms with Gasteiger partial charge in [-0.2, -0.15) is 0 Å². The average molecular weight is 464 g/mol. The summed E-state index contributed by atoms with van der Waals surface area (Å²) in [4.78, 5) is 0. The van der Waals surface area contributed by atoms with Gasteiger partial charge in [0.2, 0.25) is 0 Å².